The Kier molecular flexibility index (Phi) is 10.4. The van der Waals surface area contributed by atoms with Crippen LogP contribution in [-0.4, -0.2) is 115 Å². The fourth-order valence-electron chi connectivity index (χ4n) is 9.07. The number of carbonyl (C=O) groups excluding carboxylic acids is 4. The van der Waals surface area contributed by atoms with E-state index < -0.39 is 29.7 Å². The Morgan fingerprint density at radius 1 is 0.810 bits per heavy atom. The molecule has 4 amide bonds. The lowest BCUT2D eigenvalue weighted by atomic mass is 9.86. The van der Waals surface area contributed by atoms with Crippen molar-refractivity contribution in [2.24, 2.45) is 7.05 Å². The number of carbonyl (C=O) groups is 4. The van der Waals surface area contributed by atoms with Crippen LogP contribution in [0.3, 0.4) is 0 Å². The summed E-state index contributed by atoms with van der Waals surface area (Å²) in [4.78, 5) is 69.4. The fraction of sp³-hybridized carbons (Fsp3) is 0.432. The van der Waals surface area contributed by atoms with Gasteiger partial charge in [-0.3, -0.25) is 34.4 Å². The van der Waals surface area contributed by atoms with E-state index in [1.807, 2.05) is 30.9 Å². The number of piperidine rings is 2. The molecule has 5 aromatic rings. The molecule has 3 aliphatic heterocycles. The number of amides is 4. The second-order valence-electron chi connectivity index (χ2n) is 16.1. The van der Waals surface area contributed by atoms with Crippen molar-refractivity contribution in [2.45, 2.75) is 82.0 Å². The van der Waals surface area contributed by atoms with Crippen LogP contribution in [0.2, 0.25) is 0 Å². The molecule has 3 fully saturated rings. The summed E-state index contributed by atoms with van der Waals surface area (Å²) in [6, 6.07) is 13.9. The number of aromatic nitrogens is 4. The number of hydrogen-bond donors (Lipinski definition) is 1. The first kappa shape index (κ1) is 37.8. The zero-order chi connectivity index (χ0) is 39.9. The van der Waals surface area contributed by atoms with Gasteiger partial charge in [0, 0.05) is 85.0 Å². The smallest absolute Gasteiger partial charge is 0.316 e. The standard InChI is InChI=1S/C44H48N8O6/c1-49(30-21-32(22-30)58-44-46-24-28(25-47-44)27-6-8-33-36-26-45-15-12-37(36)50(2)39(33)20-27)29-13-17-51(18-14-29)16-4-3-5-19-57-31-7-9-34-35(23-31)43(56)52(42(34)55)38-10-11-40(53)48-41(38)54/h6-9,12,15,20,23-26,29-30,32,38H,3-5,10-11,13-14,16-19,21-22H2,1-2H3,(H,48,53,54). The molecule has 1 aliphatic carbocycles. The van der Waals surface area contributed by atoms with Crippen LogP contribution in [0.25, 0.3) is 32.9 Å². The number of rotatable bonds is 13. The first-order chi connectivity index (χ1) is 28.2. The highest BCUT2D eigenvalue weighted by Crippen LogP contribution is 2.34. The lowest BCUT2D eigenvalue weighted by Gasteiger charge is -2.46. The van der Waals surface area contributed by atoms with Gasteiger partial charge in [-0.05, 0) is 101 Å². The van der Waals surface area contributed by atoms with E-state index in [1.165, 1.54) is 5.39 Å². The molecule has 4 aliphatic rings. The van der Waals surface area contributed by atoms with Crippen molar-refractivity contribution in [3.63, 3.8) is 0 Å². The van der Waals surface area contributed by atoms with E-state index in [0.717, 1.165) is 97.0 Å². The molecule has 300 valence electrons. The minimum Gasteiger partial charge on any atom is -0.494 e. The molecule has 0 spiro atoms. The first-order valence-corrected chi connectivity index (χ1v) is 20.5. The van der Waals surface area contributed by atoms with Gasteiger partial charge in [0.1, 0.15) is 17.9 Å². The average molecular weight is 785 g/mol. The van der Waals surface area contributed by atoms with Crippen molar-refractivity contribution in [1.82, 2.24) is 39.5 Å². The van der Waals surface area contributed by atoms with Crippen molar-refractivity contribution in [3.8, 4) is 22.9 Å². The zero-order valence-electron chi connectivity index (χ0n) is 32.9. The summed E-state index contributed by atoms with van der Waals surface area (Å²) in [5.74, 6) is -1.54. The summed E-state index contributed by atoms with van der Waals surface area (Å²) < 4.78 is 14.3. The topological polar surface area (TPSA) is 152 Å². The van der Waals surface area contributed by atoms with Crippen LogP contribution < -0.4 is 14.8 Å². The molecule has 9 rings (SSSR count). The highest BCUT2D eigenvalue weighted by Gasteiger charge is 2.45. The molecule has 3 aromatic heterocycles. The van der Waals surface area contributed by atoms with E-state index in [0.29, 0.717) is 30.5 Å². The van der Waals surface area contributed by atoms with Crippen molar-refractivity contribution in [2.75, 3.05) is 33.3 Å². The molecule has 58 heavy (non-hydrogen) atoms. The summed E-state index contributed by atoms with van der Waals surface area (Å²) in [5, 5.41) is 4.55. The van der Waals surface area contributed by atoms with Crippen LogP contribution in [0.1, 0.15) is 78.5 Å². The Hall–Kier alpha value is -5.73. The van der Waals surface area contributed by atoms with E-state index in [-0.39, 0.29) is 30.1 Å². The van der Waals surface area contributed by atoms with Gasteiger partial charge in [-0.25, -0.2) is 9.97 Å². The molecular formula is C44H48N8O6. The molecule has 14 nitrogen and oxygen atoms in total. The molecule has 0 bridgehead atoms. The number of pyridine rings is 1. The van der Waals surface area contributed by atoms with E-state index >= 15 is 0 Å². The van der Waals surface area contributed by atoms with Crippen molar-refractivity contribution in [3.05, 3.63) is 78.4 Å². The number of imide groups is 2. The second-order valence-corrected chi connectivity index (χ2v) is 16.1. The minimum absolute atomic E-state index is 0.0888. The van der Waals surface area contributed by atoms with Gasteiger partial charge in [-0.1, -0.05) is 12.1 Å². The monoisotopic (exact) mass is 784 g/mol. The molecule has 0 radical (unpaired) electrons. The maximum absolute atomic E-state index is 13.1. The molecule has 1 atom stereocenters. The largest absolute Gasteiger partial charge is 0.494 e. The van der Waals surface area contributed by atoms with Gasteiger partial charge in [0.25, 0.3) is 11.8 Å². The number of unbranched alkanes of at least 4 members (excludes halogenated alkanes) is 2. The molecule has 1 unspecified atom stereocenters. The first-order valence-electron chi connectivity index (χ1n) is 20.5. The Balaban J connectivity index is 0.661. The van der Waals surface area contributed by atoms with Crippen LogP contribution in [-0.2, 0) is 16.6 Å². The summed E-state index contributed by atoms with van der Waals surface area (Å²) in [5.41, 5.74) is 4.81. The fourth-order valence-corrected chi connectivity index (χ4v) is 9.07. The van der Waals surface area contributed by atoms with Crippen molar-refractivity contribution >= 4 is 45.4 Å². The van der Waals surface area contributed by atoms with Gasteiger partial charge in [-0.2, -0.15) is 0 Å². The van der Waals surface area contributed by atoms with E-state index in [1.54, 1.807) is 18.2 Å². The van der Waals surface area contributed by atoms with Gasteiger partial charge in [0.15, 0.2) is 0 Å². The number of aryl methyl sites for hydroxylation is 1. The number of hydrogen-bond acceptors (Lipinski definition) is 11. The molecule has 14 heteroatoms. The highest BCUT2D eigenvalue weighted by atomic mass is 16.5. The van der Waals surface area contributed by atoms with Crippen LogP contribution in [0, 0.1) is 0 Å². The molecule has 1 N–H and O–H groups in total. The highest BCUT2D eigenvalue weighted by molar-refractivity contribution is 6.23. The summed E-state index contributed by atoms with van der Waals surface area (Å²) in [6.07, 6.45) is 15.1. The van der Waals surface area contributed by atoms with Gasteiger partial charge in [0.05, 0.1) is 23.3 Å². The van der Waals surface area contributed by atoms with Gasteiger partial charge in [0.2, 0.25) is 11.8 Å². The Bertz CT molecular complexity index is 2380. The summed E-state index contributed by atoms with van der Waals surface area (Å²) in [7, 11) is 4.34. The summed E-state index contributed by atoms with van der Waals surface area (Å²) >= 11 is 0. The van der Waals surface area contributed by atoms with E-state index in [4.69, 9.17) is 9.47 Å². The minimum atomic E-state index is -0.979. The normalized spacial score (nSPS) is 21.5. The zero-order valence-corrected chi connectivity index (χ0v) is 32.9. The molecule has 2 aromatic carbocycles. The van der Waals surface area contributed by atoms with Crippen molar-refractivity contribution < 1.29 is 28.7 Å². The molecule has 1 saturated carbocycles. The Morgan fingerprint density at radius 2 is 1.60 bits per heavy atom. The van der Waals surface area contributed by atoms with Crippen molar-refractivity contribution in [1.29, 1.82) is 0 Å². The predicted molar refractivity (Wildman–Crippen MR) is 216 cm³/mol. The number of likely N-dealkylation sites (tertiary alicyclic amines) is 1. The third-order valence-electron chi connectivity index (χ3n) is 12.6. The van der Waals surface area contributed by atoms with E-state index in [2.05, 4.69) is 66.9 Å². The SMILES string of the molecule is CN(C1CCN(CCCCCOc2ccc3c(c2)C(=O)N(C2CCC(=O)NC2=O)C3=O)CC1)C1CC(Oc2ncc(-c3ccc4c5cnccc5n(C)c4c3)cn2)C1. The number of ether oxygens (including phenoxy) is 2. The lowest BCUT2D eigenvalue weighted by Crippen LogP contribution is -2.54. The van der Waals surface area contributed by atoms with Crippen LogP contribution in [0.5, 0.6) is 11.8 Å². The van der Waals surface area contributed by atoms with Crippen LogP contribution in [0.4, 0.5) is 0 Å². The molecular weight excluding hydrogens is 737 g/mol. The van der Waals surface area contributed by atoms with E-state index in [9.17, 15) is 19.2 Å². The van der Waals surface area contributed by atoms with Gasteiger partial charge in [-0.15, -0.1) is 0 Å². The van der Waals surface area contributed by atoms with Crippen LogP contribution in [0.15, 0.2) is 67.3 Å². The molecule has 2 saturated heterocycles. The third-order valence-corrected chi connectivity index (χ3v) is 12.6. The predicted octanol–water partition coefficient (Wildman–Crippen LogP) is 5.14. The van der Waals surface area contributed by atoms with Gasteiger partial charge >= 0.3 is 6.01 Å². The number of nitrogens with zero attached hydrogens (tertiary/aromatic N) is 7. The van der Waals surface area contributed by atoms with Crippen LogP contribution >= 0.6 is 0 Å². The number of nitrogens with one attached hydrogen (secondary N) is 1. The second kappa shape index (κ2) is 15.9. The van der Waals surface area contributed by atoms with Gasteiger partial charge < -0.3 is 23.8 Å². The maximum atomic E-state index is 13.1. The average Bonchev–Trinajstić information content (AvgIpc) is 3.65. The Morgan fingerprint density at radius 3 is 2.40 bits per heavy atom. The summed E-state index contributed by atoms with van der Waals surface area (Å²) in [6.45, 7) is 3.77. The quantitative estimate of drug-likeness (QED) is 0.125. The number of fused-ring (bicyclic) bond motifs is 4. The maximum Gasteiger partial charge on any atom is 0.316 e. The molecule has 6 heterocycles. The lowest BCUT2D eigenvalue weighted by molar-refractivity contribution is -0.136. The third kappa shape index (κ3) is 7.30. The number of benzene rings is 2. The Labute approximate surface area is 336 Å².